The standard InChI is InChI=1S/C14H28O4.C9H18O4/c1-13(2,3)11-9-7-8-10-12(15)16-18-17-14(4,5)6;1-8(2,3)7(10)11-13-12-9(4,5)6/h7-11H2,1-6H3;1-6H3. The summed E-state index contributed by atoms with van der Waals surface area (Å²) in [4.78, 5) is 40.9. The van der Waals surface area contributed by atoms with E-state index in [4.69, 9.17) is 9.78 Å². The van der Waals surface area contributed by atoms with Gasteiger partial charge in [0.25, 0.3) is 0 Å². The summed E-state index contributed by atoms with van der Waals surface area (Å²) in [6.45, 7) is 22.7. The molecular formula is C23H46O8. The lowest BCUT2D eigenvalue weighted by Crippen LogP contribution is -2.26. The monoisotopic (exact) mass is 450 g/mol. The Kier molecular flexibility index (Phi) is 14.5. The molecule has 0 aliphatic rings. The van der Waals surface area contributed by atoms with Crippen molar-refractivity contribution in [1.82, 2.24) is 0 Å². The number of carbonyl (C=O) groups excluding carboxylic acids is 2. The van der Waals surface area contributed by atoms with E-state index < -0.39 is 22.6 Å². The molecule has 0 radical (unpaired) electrons. The van der Waals surface area contributed by atoms with Gasteiger partial charge in [-0.3, -0.25) is 9.78 Å². The van der Waals surface area contributed by atoms with E-state index in [1.54, 1.807) is 41.5 Å². The molecule has 31 heavy (non-hydrogen) atoms. The second-order valence-electron chi connectivity index (χ2n) is 11.7. The highest BCUT2D eigenvalue weighted by Crippen LogP contribution is 2.22. The van der Waals surface area contributed by atoms with Gasteiger partial charge in [0.2, 0.25) is 0 Å². The fraction of sp³-hybridized carbons (Fsp3) is 0.913. The Labute approximate surface area is 188 Å². The lowest BCUT2D eigenvalue weighted by Gasteiger charge is -2.18. The van der Waals surface area contributed by atoms with E-state index in [2.05, 4.69) is 40.6 Å². The fourth-order valence-electron chi connectivity index (χ4n) is 1.58. The second kappa shape index (κ2) is 14.0. The van der Waals surface area contributed by atoms with Crippen molar-refractivity contribution in [2.75, 3.05) is 0 Å². The van der Waals surface area contributed by atoms with Gasteiger partial charge in [0, 0.05) is 6.42 Å². The van der Waals surface area contributed by atoms with Crippen LogP contribution in [0.1, 0.15) is 115 Å². The van der Waals surface area contributed by atoms with Gasteiger partial charge in [-0.1, -0.05) is 33.6 Å². The van der Waals surface area contributed by atoms with Crippen molar-refractivity contribution in [2.45, 2.75) is 126 Å². The molecule has 186 valence electrons. The van der Waals surface area contributed by atoms with Crippen LogP contribution in [0.25, 0.3) is 0 Å². The summed E-state index contributed by atoms with van der Waals surface area (Å²) in [6.07, 6.45) is 4.54. The molecule has 0 amide bonds. The van der Waals surface area contributed by atoms with Gasteiger partial charge in [-0.15, -0.1) is 0 Å². The summed E-state index contributed by atoms with van der Waals surface area (Å²) < 4.78 is 0. The minimum Gasteiger partial charge on any atom is -0.269 e. The first kappa shape index (κ1) is 32.0. The highest BCUT2D eigenvalue weighted by atomic mass is 17.5. The van der Waals surface area contributed by atoms with Crippen molar-refractivity contribution in [2.24, 2.45) is 10.8 Å². The lowest BCUT2D eigenvalue weighted by atomic mass is 9.89. The lowest BCUT2D eigenvalue weighted by molar-refractivity contribution is -0.516. The van der Waals surface area contributed by atoms with Gasteiger partial charge < -0.3 is 0 Å². The van der Waals surface area contributed by atoms with Crippen molar-refractivity contribution in [3.05, 3.63) is 0 Å². The molecule has 0 spiro atoms. The molecule has 0 saturated heterocycles. The molecule has 0 aliphatic carbocycles. The number of carbonyl (C=O) groups is 2. The number of hydrogen-bond acceptors (Lipinski definition) is 8. The van der Waals surface area contributed by atoms with Gasteiger partial charge in [-0.2, -0.15) is 9.78 Å². The van der Waals surface area contributed by atoms with Crippen molar-refractivity contribution in [3.8, 4) is 0 Å². The maximum atomic E-state index is 11.3. The Morgan fingerprint density at radius 1 is 0.613 bits per heavy atom. The minimum atomic E-state index is -0.582. The normalized spacial score (nSPS) is 12.6. The Balaban J connectivity index is 0. The first-order valence-corrected chi connectivity index (χ1v) is 10.8. The van der Waals surface area contributed by atoms with Gasteiger partial charge in [0.15, 0.2) is 0 Å². The zero-order chi connectivity index (χ0) is 24.9. The maximum absolute atomic E-state index is 11.3. The molecule has 0 unspecified atom stereocenters. The molecule has 0 aromatic rings. The third-order valence-corrected chi connectivity index (χ3v) is 3.22. The Morgan fingerprint density at radius 2 is 1.06 bits per heavy atom. The maximum Gasteiger partial charge on any atom is 0.350 e. The van der Waals surface area contributed by atoms with Crippen molar-refractivity contribution in [1.29, 1.82) is 0 Å². The topological polar surface area (TPSA) is 89.5 Å². The first-order valence-electron chi connectivity index (χ1n) is 10.8. The van der Waals surface area contributed by atoms with Crippen molar-refractivity contribution >= 4 is 11.9 Å². The molecule has 8 heteroatoms. The van der Waals surface area contributed by atoms with Crippen LogP contribution < -0.4 is 0 Å². The van der Waals surface area contributed by atoms with Crippen LogP contribution in [0.3, 0.4) is 0 Å². The summed E-state index contributed by atoms with van der Waals surface area (Å²) in [5.74, 6) is -0.841. The van der Waals surface area contributed by atoms with E-state index in [1.807, 2.05) is 20.8 Å². The highest BCUT2D eigenvalue weighted by Gasteiger charge is 2.25. The third-order valence-electron chi connectivity index (χ3n) is 3.22. The smallest absolute Gasteiger partial charge is 0.269 e. The molecule has 0 aromatic heterocycles. The van der Waals surface area contributed by atoms with Gasteiger partial charge >= 0.3 is 11.9 Å². The van der Waals surface area contributed by atoms with Crippen LogP contribution in [-0.4, -0.2) is 23.1 Å². The average Bonchev–Trinajstić information content (AvgIpc) is 2.50. The highest BCUT2D eigenvalue weighted by molar-refractivity contribution is 5.74. The fourth-order valence-corrected chi connectivity index (χ4v) is 1.58. The van der Waals surface area contributed by atoms with E-state index in [1.165, 1.54) is 6.42 Å². The predicted octanol–water partition coefficient (Wildman–Crippen LogP) is 6.43. The predicted molar refractivity (Wildman–Crippen MR) is 118 cm³/mol. The van der Waals surface area contributed by atoms with Crippen molar-refractivity contribution in [3.63, 3.8) is 0 Å². The summed E-state index contributed by atoms with van der Waals surface area (Å²) in [5.41, 5.74) is -1.18. The summed E-state index contributed by atoms with van der Waals surface area (Å²) in [5, 5.41) is 8.76. The van der Waals surface area contributed by atoms with Crippen LogP contribution in [0.2, 0.25) is 0 Å². The molecule has 0 N–H and O–H groups in total. The zero-order valence-electron chi connectivity index (χ0n) is 21.8. The van der Waals surface area contributed by atoms with Gasteiger partial charge in [0.05, 0.1) is 16.6 Å². The Morgan fingerprint density at radius 3 is 1.45 bits per heavy atom. The summed E-state index contributed by atoms with van der Waals surface area (Å²) in [7, 11) is 0. The average molecular weight is 451 g/mol. The molecule has 0 saturated carbocycles. The second-order valence-corrected chi connectivity index (χ2v) is 11.7. The van der Waals surface area contributed by atoms with Crippen LogP contribution >= 0.6 is 0 Å². The molecule has 0 rings (SSSR count). The van der Waals surface area contributed by atoms with Gasteiger partial charge in [0.1, 0.15) is 0 Å². The molecule has 0 aliphatic heterocycles. The van der Waals surface area contributed by atoms with Gasteiger partial charge in [-0.05, 0) is 90.6 Å². The first-order chi connectivity index (χ1) is 13.7. The molecular weight excluding hydrogens is 404 g/mol. The number of rotatable bonds is 9. The molecule has 0 heterocycles. The van der Waals surface area contributed by atoms with E-state index in [0.717, 1.165) is 19.3 Å². The number of unbranched alkanes of at least 4 members (excludes halogenated alkanes) is 2. The summed E-state index contributed by atoms with van der Waals surface area (Å²) >= 11 is 0. The molecule has 0 fully saturated rings. The Bertz CT molecular complexity index is 502. The molecule has 8 nitrogen and oxygen atoms in total. The summed E-state index contributed by atoms with van der Waals surface area (Å²) in [6, 6.07) is 0. The molecule has 0 bridgehead atoms. The quantitative estimate of drug-likeness (QED) is 0.226. The van der Waals surface area contributed by atoms with Crippen molar-refractivity contribution < 1.29 is 39.2 Å². The number of hydrogen-bond donors (Lipinski definition) is 0. The van der Waals surface area contributed by atoms with Crippen LogP contribution in [0.5, 0.6) is 0 Å². The van der Waals surface area contributed by atoms with E-state index >= 15 is 0 Å². The SMILES string of the molecule is CC(C)(C)CCCCCC(=O)OOOC(C)(C)C.CC(C)(C)OOOC(=O)C(C)(C)C. The van der Waals surface area contributed by atoms with E-state index in [9.17, 15) is 9.59 Å². The van der Waals surface area contributed by atoms with E-state index in [-0.39, 0.29) is 5.97 Å². The van der Waals surface area contributed by atoms with Crippen LogP contribution in [-0.2, 0) is 39.2 Å². The largest absolute Gasteiger partial charge is 0.350 e. The zero-order valence-corrected chi connectivity index (χ0v) is 21.8. The van der Waals surface area contributed by atoms with Crippen LogP contribution in [0.4, 0.5) is 0 Å². The van der Waals surface area contributed by atoms with Crippen LogP contribution in [0.15, 0.2) is 0 Å². The van der Waals surface area contributed by atoms with Gasteiger partial charge in [-0.25, -0.2) is 9.59 Å². The Hall–Kier alpha value is -1.22. The minimum absolute atomic E-state index is 0.365. The van der Waals surface area contributed by atoms with Crippen LogP contribution in [0, 0.1) is 10.8 Å². The molecule has 0 atom stereocenters. The third kappa shape index (κ3) is 26.7. The molecule has 0 aromatic carbocycles. The van der Waals surface area contributed by atoms with E-state index in [0.29, 0.717) is 11.8 Å².